The van der Waals surface area contributed by atoms with Gasteiger partial charge in [-0.15, -0.1) is 0 Å². The number of hydrogen-bond donors (Lipinski definition) is 0. The molecule has 5 rings (SSSR count). The van der Waals surface area contributed by atoms with Crippen molar-refractivity contribution in [2.24, 2.45) is 0 Å². The van der Waals surface area contributed by atoms with E-state index < -0.39 is 0 Å². The van der Waals surface area contributed by atoms with Gasteiger partial charge in [0, 0.05) is 35.7 Å². The van der Waals surface area contributed by atoms with E-state index in [0.717, 1.165) is 34.2 Å². The zero-order valence-electron chi connectivity index (χ0n) is 20.3. The van der Waals surface area contributed by atoms with Gasteiger partial charge in [-0.05, 0) is 55.7 Å². The second-order valence-electron chi connectivity index (χ2n) is 8.53. The summed E-state index contributed by atoms with van der Waals surface area (Å²) in [5, 5.41) is 0.845. The predicted molar refractivity (Wildman–Crippen MR) is 138 cm³/mol. The van der Waals surface area contributed by atoms with Crippen LogP contribution in [0.2, 0.25) is 0 Å². The van der Waals surface area contributed by atoms with Crippen molar-refractivity contribution < 1.29 is 23.5 Å². The molecule has 2 heterocycles. The van der Waals surface area contributed by atoms with Crippen molar-refractivity contribution in [1.29, 1.82) is 0 Å². The highest BCUT2D eigenvalue weighted by atomic mass is 16.5. The largest absolute Gasteiger partial charge is 0.484 e. The Labute approximate surface area is 209 Å². The fourth-order valence-corrected chi connectivity index (χ4v) is 4.43. The van der Waals surface area contributed by atoms with Crippen LogP contribution in [0.15, 0.2) is 83.5 Å². The summed E-state index contributed by atoms with van der Waals surface area (Å²) in [4.78, 5) is 27.5. The maximum absolute atomic E-state index is 13.5. The van der Waals surface area contributed by atoms with Crippen LogP contribution in [0.5, 0.6) is 11.5 Å². The summed E-state index contributed by atoms with van der Waals surface area (Å²) in [5.41, 5.74) is 3.71. The quantitative estimate of drug-likeness (QED) is 0.288. The van der Waals surface area contributed by atoms with E-state index in [0.29, 0.717) is 30.0 Å². The molecule has 0 fully saturated rings. The van der Waals surface area contributed by atoms with Crippen molar-refractivity contribution in [2.45, 2.75) is 20.3 Å². The molecule has 1 aliphatic rings. The molecule has 1 aliphatic heterocycles. The summed E-state index contributed by atoms with van der Waals surface area (Å²) in [7, 11) is 0. The summed E-state index contributed by atoms with van der Waals surface area (Å²) in [6.45, 7) is 5.16. The Hall–Kier alpha value is -4.32. The minimum Gasteiger partial charge on any atom is -0.484 e. The van der Waals surface area contributed by atoms with Crippen LogP contribution in [0.4, 0.5) is 0 Å². The van der Waals surface area contributed by atoms with Gasteiger partial charge in [0.05, 0.1) is 6.26 Å². The lowest BCUT2D eigenvalue weighted by Gasteiger charge is -2.18. The molecule has 1 amide bonds. The Kier molecular flexibility index (Phi) is 6.58. The molecular weight excluding hydrogens is 454 g/mol. The average Bonchev–Trinajstić information content (AvgIpc) is 3.29. The third kappa shape index (κ3) is 4.50. The molecule has 1 aromatic heterocycles. The van der Waals surface area contributed by atoms with Gasteiger partial charge in [-0.2, -0.15) is 0 Å². The lowest BCUT2D eigenvalue weighted by Crippen LogP contribution is -2.34. The third-order valence-electron chi connectivity index (χ3n) is 6.36. The Morgan fingerprint density at radius 3 is 2.44 bits per heavy atom. The van der Waals surface area contributed by atoms with E-state index in [2.05, 4.69) is 0 Å². The van der Waals surface area contributed by atoms with E-state index >= 15 is 0 Å². The summed E-state index contributed by atoms with van der Waals surface area (Å²) >= 11 is 0. The van der Waals surface area contributed by atoms with E-state index in [1.54, 1.807) is 23.3 Å². The van der Waals surface area contributed by atoms with Gasteiger partial charge >= 0.3 is 0 Å². The molecule has 0 spiro atoms. The molecule has 0 radical (unpaired) electrons. The van der Waals surface area contributed by atoms with Crippen molar-refractivity contribution >= 4 is 22.7 Å². The topological polar surface area (TPSA) is 69.0 Å². The number of hydrogen-bond acceptors (Lipinski definition) is 5. The minimum atomic E-state index is -0.191. The first kappa shape index (κ1) is 23.4. The molecule has 4 aromatic rings. The lowest BCUT2D eigenvalue weighted by molar-refractivity contribution is -0.132. The Morgan fingerprint density at radius 2 is 1.72 bits per heavy atom. The van der Waals surface area contributed by atoms with Gasteiger partial charge in [0.2, 0.25) is 5.78 Å². The maximum Gasteiger partial charge on any atom is 0.260 e. The van der Waals surface area contributed by atoms with Crippen molar-refractivity contribution in [3.05, 3.63) is 96.0 Å². The van der Waals surface area contributed by atoms with Crippen LogP contribution >= 0.6 is 0 Å². The average molecular weight is 482 g/mol. The molecule has 0 saturated carbocycles. The van der Waals surface area contributed by atoms with Crippen molar-refractivity contribution in [3.8, 4) is 22.6 Å². The number of carbonyl (C=O) groups is 2. The molecule has 0 aliphatic carbocycles. The zero-order chi connectivity index (χ0) is 25.1. The summed E-state index contributed by atoms with van der Waals surface area (Å²) < 4.78 is 17.5. The molecule has 182 valence electrons. The number of furan rings is 1. The molecule has 3 aromatic carbocycles. The molecule has 6 heteroatoms. The highest BCUT2D eigenvalue weighted by Crippen LogP contribution is 2.40. The Balaban J connectivity index is 1.52. The fraction of sp³-hybridized carbons (Fsp3) is 0.200. The number of ketones is 1. The number of likely N-dealkylation sites (N-methyl/N-ethyl adjacent to an activating group) is 1. The molecule has 0 atom stereocenters. The second-order valence-corrected chi connectivity index (χ2v) is 8.53. The van der Waals surface area contributed by atoms with Gasteiger partial charge in [-0.1, -0.05) is 42.5 Å². The summed E-state index contributed by atoms with van der Waals surface area (Å²) in [6, 6.07) is 20.4. The fourth-order valence-electron chi connectivity index (χ4n) is 4.43. The van der Waals surface area contributed by atoms with Crippen LogP contribution in [0.1, 0.15) is 35.5 Å². The molecule has 36 heavy (non-hydrogen) atoms. The van der Waals surface area contributed by atoms with Crippen LogP contribution in [0.25, 0.3) is 22.1 Å². The van der Waals surface area contributed by atoms with Crippen LogP contribution in [0, 0.1) is 0 Å². The molecule has 6 nitrogen and oxygen atoms in total. The zero-order valence-corrected chi connectivity index (χ0v) is 20.3. The van der Waals surface area contributed by atoms with E-state index in [4.69, 9.17) is 13.9 Å². The van der Waals surface area contributed by atoms with Gasteiger partial charge in [-0.3, -0.25) is 9.59 Å². The van der Waals surface area contributed by atoms with Crippen molar-refractivity contribution in [2.75, 3.05) is 19.7 Å². The second kappa shape index (κ2) is 10.1. The van der Waals surface area contributed by atoms with Gasteiger partial charge in [0.15, 0.2) is 12.4 Å². The number of allylic oxidation sites excluding steroid dienone is 1. The van der Waals surface area contributed by atoms with Gasteiger partial charge < -0.3 is 18.8 Å². The van der Waals surface area contributed by atoms with Gasteiger partial charge in [0.1, 0.15) is 17.1 Å². The summed E-state index contributed by atoms with van der Waals surface area (Å²) in [6.07, 6.45) is 4.36. The number of benzene rings is 3. The molecular formula is C30H27NO5. The highest BCUT2D eigenvalue weighted by molar-refractivity contribution is 6.15. The number of carbonyl (C=O) groups excluding carboxylic acids is 2. The van der Waals surface area contributed by atoms with Crippen molar-refractivity contribution in [3.63, 3.8) is 0 Å². The van der Waals surface area contributed by atoms with E-state index in [9.17, 15) is 9.59 Å². The van der Waals surface area contributed by atoms with E-state index in [1.807, 2.05) is 74.5 Å². The van der Waals surface area contributed by atoms with Crippen LogP contribution in [-0.4, -0.2) is 36.3 Å². The third-order valence-corrected chi connectivity index (χ3v) is 6.36. The van der Waals surface area contributed by atoms with Crippen LogP contribution < -0.4 is 9.47 Å². The monoisotopic (exact) mass is 481 g/mol. The number of amides is 1. The first-order valence-electron chi connectivity index (χ1n) is 12.1. The minimum absolute atomic E-state index is 0.0208. The number of ether oxygens (including phenoxy) is 2. The van der Waals surface area contributed by atoms with Crippen molar-refractivity contribution in [1.82, 2.24) is 4.90 Å². The highest BCUT2D eigenvalue weighted by Gasteiger charge is 2.25. The number of nitrogens with zero attached hydrogens (tertiary/aromatic N) is 1. The predicted octanol–water partition coefficient (Wildman–Crippen LogP) is 6.03. The first-order chi connectivity index (χ1) is 17.6. The Bertz CT molecular complexity index is 1430. The van der Waals surface area contributed by atoms with E-state index in [-0.39, 0.29) is 24.1 Å². The van der Waals surface area contributed by atoms with E-state index in [1.165, 1.54) is 0 Å². The van der Waals surface area contributed by atoms with Gasteiger partial charge in [-0.25, -0.2) is 0 Å². The standard InChI is InChI=1S/C30H27NO5/c1-3-31(4-2)27(32)19-35-23-14-12-20(13-15-23)28-24-17-22-11-8-16-34-25(22)18-26(24)36-30(28)29(33)21-9-6-5-7-10-21/h5-10,12-18H,3-4,11,19H2,1-2H3. The summed E-state index contributed by atoms with van der Waals surface area (Å²) in [5.74, 6) is 1.34. The SMILES string of the molecule is CCN(CC)C(=O)COc1ccc(-c2c(C(=O)c3ccccc3)oc3cc4c(cc23)CC=CO4)cc1. The smallest absolute Gasteiger partial charge is 0.260 e. The Morgan fingerprint density at radius 1 is 0.972 bits per heavy atom. The molecule has 0 bridgehead atoms. The van der Waals surface area contributed by atoms with Crippen LogP contribution in [0.3, 0.4) is 0 Å². The molecule has 0 saturated heterocycles. The molecule has 0 N–H and O–H groups in total. The maximum atomic E-state index is 13.5. The van der Waals surface area contributed by atoms with Crippen LogP contribution in [-0.2, 0) is 11.2 Å². The first-order valence-corrected chi connectivity index (χ1v) is 12.1. The molecule has 0 unspecified atom stereocenters. The number of rotatable bonds is 8. The number of fused-ring (bicyclic) bond motifs is 2. The van der Waals surface area contributed by atoms with Gasteiger partial charge in [0.25, 0.3) is 5.91 Å². The normalized spacial score (nSPS) is 12.2. The lowest BCUT2D eigenvalue weighted by atomic mass is 9.96.